The van der Waals surface area contributed by atoms with E-state index in [9.17, 15) is 136 Å². The maximum atomic E-state index is 14.2. The number of nitrogens with one attached hydrogen (secondary N) is 12. The van der Waals surface area contributed by atoms with Crippen molar-refractivity contribution in [3.63, 3.8) is 0 Å². The van der Waals surface area contributed by atoms with Crippen molar-refractivity contribution in [2.45, 2.75) is 256 Å². The Morgan fingerprint density at radius 2 is 0.930 bits per heavy atom. The summed E-state index contributed by atoms with van der Waals surface area (Å²) in [6, 6.07) is -9.30. The van der Waals surface area contributed by atoms with Crippen LogP contribution in [0.3, 0.4) is 0 Å². The maximum Gasteiger partial charge on any atom is 0.303 e. The average molecular weight is 1850 g/mol. The number of aliphatic carboxylic acids is 5. The van der Waals surface area contributed by atoms with Crippen LogP contribution in [0.1, 0.15) is 213 Å². The second-order valence-electron chi connectivity index (χ2n) is 31.7. The summed E-state index contributed by atoms with van der Waals surface area (Å²) >= 11 is 1.21. The molecule has 129 heavy (non-hydrogen) atoms. The predicted molar refractivity (Wildman–Crippen MR) is 458 cm³/mol. The minimum atomic E-state index is -1.84. The zero-order valence-corrected chi connectivity index (χ0v) is 74.0. The molecule has 0 saturated carbocycles. The molecular weight excluding hydrogens is 1720 g/mol. The quantitative estimate of drug-likeness (QED) is 0.0133. The van der Waals surface area contributed by atoms with Gasteiger partial charge in [0.05, 0.1) is 30.7 Å². The first-order valence-corrected chi connectivity index (χ1v) is 44.2. The van der Waals surface area contributed by atoms with Crippen LogP contribution >= 0.6 is 11.8 Å². The predicted octanol–water partition coefficient (Wildman–Crippen LogP) is -2.22. The summed E-state index contributed by atoms with van der Waals surface area (Å²) in [5.74, 6) is -27.8. The van der Waals surface area contributed by atoms with E-state index in [-0.39, 0.29) is 128 Å². The molecule has 2 aliphatic heterocycles. The van der Waals surface area contributed by atoms with Gasteiger partial charge in [-0.15, -0.1) is 0 Å². The highest BCUT2D eigenvalue weighted by atomic mass is 32.2. The standard InChI is InChI=1S/C82H127N17O29S/c1-5-12-53(95-79(126)59-17-10-36-98(59)80(127)57(16-9-35-90-82(86)87)97-75(122)46(2)13-8-34-89-81(84)85)60(102)23-24-65(107)92-58(45-129-4)61(103)39-47(3)74(121)91-43-51(100)14-11-38-128-44-52(101)40-48(18-27-68(110)111)76(123)93-54(21-30-71(116)117)62(104)41-49(19-28-69(112)113)77(124)94-55(22-31-72(118)119)63(105)42-50(20-29-70(114)115)78(125)96-56(73(83)120)15-6-7-33-88-64(106)32-37-99-66(108)25-26-67(99)109/h25-26,46-50,53-59H,5-24,27-45H2,1-4H3,(H2,83,120)(H,88,106)(H,91,121)(H,92,107)(H,93,123)(H,94,124)(H,95,126)(H,96,125)(H,97,122)(H,110,111)(H,112,113)(H,114,115)(H,116,117)(H,118,119)(H4,84,85,89)(H4,86,87,90)/t46-,47-,48+,49+,50+,53+,54-,55-,56-,57-,58+,59+/m1/s1. The van der Waals surface area contributed by atoms with Crippen molar-refractivity contribution in [1.29, 1.82) is 10.8 Å². The van der Waals surface area contributed by atoms with Crippen LogP contribution in [-0.2, 0) is 115 Å². The fourth-order valence-corrected chi connectivity index (χ4v) is 14.4. The second-order valence-corrected chi connectivity index (χ2v) is 32.6. The molecule has 0 aromatic rings. The van der Waals surface area contributed by atoms with Crippen LogP contribution in [-0.4, -0.2) is 289 Å². The van der Waals surface area contributed by atoms with E-state index >= 15 is 0 Å². The molecule has 2 rings (SSSR count). The van der Waals surface area contributed by atoms with E-state index in [2.05, 4.69) is 53.2 Å². The molecule has 46 nitrogen and oxygen atoms in total. The van der Waals surface area contributed by atoms with Gasteiger partial charge in [-0.3, -0.25) is 126 Å². The number of carboxylic acids is 5. The molecule has 12 atom stereocenters. The average Bonchev–Trinajstić information content (AvgIpc) is 1.74. The van der Waals surface area contributed by atoms with E-state index in [0.717, 1.165) is 17.1 Å². The van der Waals surface area contributed by atoms with E-state index in [4.69, 9.17) is 32.8 Å². The van der Waals surface area contributed by atoms with Gasteiger partial charge in [0.2, 0.25) is 59.1 Å². The number of nitrogens with two attached hydrogens (primary N) is 3. The Morgan fingerprint density at radius 3 is 1.43 bits per heavy atom. The van der Waals surface area contributed by atoms with Gasteiger partial charge in [-0.05, 0) is 109 Å². The van der Waals surface area contributed by atoms with E-state index in [1.807, 2.05) is 0 Å². The molecule has 23 N–H and O–H groups in total. The highest BCUT2D eigenvalue weighted by Crippen LogP contribution is 2.25. The third kappa shape index (κ3) is 46.9. The van der Waals surface area contributed by atoms with Crippen molar-refractivity contribution >= 4 is 159 Å². The largest absolute Gasteiger partial charge is 0.481 e. The normalized spacial score (nSPS) is 15.3. The third-order valence-corrected chi connectivity index (χ3v) is 21.7. The van der Waals surface area contributed by atoms with Crippen LogP contribution < -0.4 is 70.4 Å². The molecule has 0 spiro atoms. The van der Waals surface area contributed by atoms with Crippen molar-refractivity contribution in [1.82, 2.24) is 63.0 Å². The lowest BCUT2D eigenvalue weighted by Crippen LogP contribution is -2.55. The van der Waals surface area contributed by atoms with Gasteiger partial charge in [-0.2, -0.15) is 11.8 Å². The van der Waals surface area contributed by atoms with Crippen molar-refractivity contribution in [2.75, 3.05) is 64.5 Å². The molecule has 0 aliphatic carbocycles. The number of rotatable bonds is 72. The molecule has 2 aliphatic rings. The lowest BCUT2D eigenvalue weighted by Gasteiger charge is -2.30. The van der Waals surface area contributed by atoms with Crippen molar-refractivity contribution in [2.24, 2.45) is 46.8 Å². The minimum absolute atomic E-state index is 0.0185. The van der Waals surface area contributed by atoms with Gasteiger partial charge in [0.15, 0.2) is 46.6 Å². The summed E-state index contributed by atoms with van der Waals surface area (Å²) in [4.78, 5) is 302. The SMILES string of the molecule is CCC[C@H](NC(=O)[C@@H]1CCCN1C(=O)[C@@H](CCCNC(=N)N)NC(=O)[C@H](C)CCCNC(=N)N)C(=O)CCC(=O)N[C@@H](CSC)C(=O)C[C@@H](C)C(=O)NCC(=O)CCCOCC(=O)C[C@H](CCC(=O)O)C(=O)N[C@H](CCC(=O)O)C(=O)C[C@H](CCC(=O)O)C(=O)N[C@H](CCC(=O)O)C(=O)C[C@H](CCC(=O)O)C(=O)N[C@H](CCCCNC(=O)CCN1C(=O)C=CC1=O)C(N)=O. The number of unbranched alkanes of at least 4 members (excludes halogenated alkanes) is 1. The molecule has 1 fully saturated rings. The highest BCUT2D eigenvalue weighted by Gasteiger charge is 2.41. The zero-order chi connectivity index (χ0) is 97.0. The number of hydrogen-bond donors (Lipinski definition) is 20. The van der Waals surface area contributed by atoms with Crippen LogP contribution in [0.5, 0.6) is 0 Å². The molecule has 720 valence electrons. The highest BCUT2D eigenvalue weighted by molar-refractivity contribution is 7.98. The molecule has 12 amide bonds. The zero-order valence-electron chi connectivity index (χ0n) is 73.2. The Morgan fingerprint density at radius 1 is 0.457 bits per heavy atom. The first-order chi connectivity index (χ1) is 60.9. The molecule has 0 aromatic heterocycles. The lowest BCUT2D eigenvalue weighted by molar-refractivity contribution is -0.142. The van der Waals surface area contributed by atoms with Gasteiger partial charge >= 0.3 is 29.8 Å². The number of ether oxygens (including phenoxy) is 1. The Balaban J connectivity index is 2.08. The van der Waals surface area contributed by atoms with Gasteiger partial charge < -0.3 is 106 Å². The van der Waals surface area contributed by atoms with Gasteiger partial charge in [0.1, 0.15) is 24.7 Å². The molecule has 0 aromatic carbocycles. The summed E-state index contributed by atoms with van der Waals surface area (Å²) < 4.78 is 5.44. The van der Waals surface area contributed by atoms with E-state index in [1.54, 1.807) is 20.1 Å². The van der Waals surface area contributed by atoms with E-state index in [0.29, 0.717) is 38.6 Å². The number of nitrogens with zero attached hydrogens (tertiary/aromatic N) is 2. The number of amides is 12. The number of carboxylic acid groups (broad SMARTS) is 5. The number of imide groups is 1. The van der Waals surface area contributed by atoms with Crippen molar-refractivity contribution < 1.29 is 141 Å². The monoisotopic (exact) mass is 1850 g/mol. The number of carbonyl (C=O) groups excluding carboxylic acids is 18. The van der Waals surface area contributed by atoms with E-state index in [1.165, 1.54) is 23.6 Å². The third-order valence-electron chi connectivity index (χ3n) is 21.0. The molecule has 1 saturated heterocycles. The number of ketones is 6. The number of hydrogen-bond acceptors (Lipinski definition) is 27. The smallest absolute Gasteiger partial charge is 0.303 e. The Labute approximate surface area is 749 Å². The molecule has 2 heterocycles. The topological polar surface area (TPSA) is 756 Å². The number of likely N-dealkylation sites (tertiary alicyclic amines) is 1. The van der Waals surface area contributed by atoms with Gasteiger partial charge in [0, 0.05) is 170 Å². The molecule has 0 radical (unpaired) electrons. The number of carbonyl (C=O) groups is 23. The molecular formula is C82H127N17O29S. The number of primary amides is 1. The lowest BCUT2D eigenvalue weighted by atomic mass is 9.89. The summed E-state index contributed by atoms with van der Waals surface area (Å²) in [7, 11) is 0. The molecule has 0 bridgehead atoms. The maximum absolute atomic E-state index is 14.2. The first-order valence-electron chi connectivity index (χ1n) is 42.8. The summed E-state index contributed by atoms with van der Waals surface area (Å²) in [6.45, 7) is 4.06. The van der Waals surface area contributed by atoms with E-state index < -0.39 is 304 Å². The van der Waals surface area contributed by atoms with Crippen LogP contribution in [0, 0.1) is 40.4 Å². The van der Waals surface area contributed by atoms with Crippen LogP contribution in [0.2, 0.25) is 0 Å². The van der Waals surface area contributed by atoms with Gasteiger partial charge in [0.25, 0.3) is 11.8 Å². The van der Waals surface area contributed by atoms with Gasteiger partial charge in [-0.25, -0.2) is 0 Å². The number of Topliss-reactive ketones (excluding diaryl/α,β-unsaturated/α-hetero) is 6. The van der Waals surface area contributed by atoms with Crippen molar-refractivity contribution in [3.8, 4) is 0 Å². The van der Waals surface area contributed by atoms with Crippen molar-refractivity contribution in [3.05, 3.63) is 12.2 Å². The Bertz CT molecular complexity index is 4000. The number of thioether (sulfide) groups is 1. The summed E-state index contributed by atoms with van der Waals surface area (Å²) in [5, 5.41) is 88.4. The summed E-state index contributed by atoms with van der Waals surface area (Å²) in [6.07, 6.45) is -4.62. The fraction of sp³-hybridized carbons (Fsp3) is 0.671. The summed E-state index contributed by atoms with van der Waals surface area (Å²) in [5.41, 5.74) is 16.4. The first kappa shape index (κ1) is 113. The fourth-order valence-electron chi connectivity index (χ4n) is 13.8. The van der Waals surface area contributed by atoms with Crippen LogP contribution in [0.15, 0.2) is 12.2 Å². The van der Waals surface area contributed by atoms with Crippen LogP contribution in [0.25, 0.3) is 0 Å². The number of guanidine groups is 2. The second kappa shape index (κ2) is 61.3. The van der Waals surface area contributed by atoms with Gasteiger partial charge in [-0.1, -0.05) is 27.2 Å². The molecule has 47 heteroatoms. The van der Waals surface area contributed by atoms with Crippen LogP contribution in [0.4, 0.5) is 0 Å². The Hall–Kier alpha value is -12.2. The Kier molecular flexibility index (Phi) is 53.6. The minimum Gasteiger partial charge on any atom is -0.481 e. The molecule has 0 unspecified atom stereocenters.